The molecule has 1 amide bonds. The highest BCUT2D eigenvalue weighted by molar-refractivity contribution is 7.90. The molecule has 1 aliphatic carbocycles. The lowest BCUT2D eigenvalue weighted by Gasteiger charge is -2.09. The number of sulfone groups is 1. The number of thiophene rings is 1. The number of benzene rings is 1. The predicted octanol–water partition coefficient (Wildman–Crippen LogP) is 3.44. The highest BCUT2D eigenvalue weighted by atomic mass is 32.2. The lowest BCUT2D eigenvalue weighted by atomic mass is 9.96. The van der Waals surface area contributed by atoms with E-state index in [9.17, 15) is 18.5 Å². The number of hydrogen-bond acceptors (Lipinski definition) is 5. The van der Waals surface area contributed by atoms with E-state index in [4.69, 9.17) is 0 Å². The summed E-state index contributed by atoms with van der Waals surface area (Å²) in [6.45, 7) is 0. The standard InChI is InChI=1S/C19H20N2O3S2/c20-12-16-15-8-4-5-9-17(15)25-19(16)21-18(22)10-11-26(23,24)13-14-6-2-1-3-7-14/h1-3,6-7H,4-5,8-11,13H2,(H,21,22). The fourth-order valence-electron chi connectivity index (χ4n) is 3.11. The third-order valence-electron chi connectivity index (χ3n) is 4.41. The molecular weight excluding hydrogens is 368 g/mol. The van der Waals surface area contributed by atoms with Gasteiger partial charge in [-0.1, -0.05) is 30.3 Å². The van der Waals surface area contributed by atoms with Crippen molar-refractivity contribution in [3.63, 3.8) is 0 Å². The first kappa shape index (κ1) is 18.6. The maximum Gasteiger partial charge on any atom is 0.226 e. The smallest absolute Gasteiger partial charge is 0.226 e. The molecule has 26 heavy (non-hydrogen) atoms. The molecule has 1 aromatic carbocycles. The number of anilines is 1. The van der Waals surface area contributed by atoms with E-state index in [1.54, 1.807) is 24.3 Å². The van der Waals surface area contributed by atoms with Gasteiger partial charge in [-0.05, 0) is 36.8 Å². The van der Waals surface area contributed by atoms with Gasteiger partial charge in [-0.25, -0.2) is 8.42 Å². The molecule has 0 spiro atoms. The van der Waals surface area contributed by atoms with Crippen LogP contribution in [0.2, 0.25) is 0 Å². The van der Waals surface area contributed by atoms with Gasteiger partial charge in [-0.15, -0.1) is 11.3 Å². The second-order valence-corrected chi connectivity index (χ2v) is 9.69. The Balaban J connectivity index is 1.61. The third-order valence-corrected chi connectivity index (χ3v) is 7.21. The molecule has 136 valence electrons. The van der Waals surface area contributed by atoms with Crippen LogP contribution in [0.1, 0.15) is 40.8 Å². The summed E-state index contributed by atoms with van der Waals surface area (Å²) in [7, 11) is -3.36. The van der Waals surface area contributed by atoms with Crippen LogP contribution in [0.5, 0.6) is 0 Å². The number of carbonyl (C=O) groups is 1. The maximum absolute atomic E-state index is 12.2. The molecule has 0 radical (unpaired) electrons. The molecule has 0 unspecified atom stereocenters. The van der Waals surface area contributed by atoms with Crippen molar-refractivity contribution in [3.05, 3.63) is 51.9 Å². The number of hydrogen-bond donors (Lipinski definition) is 1. The van der Waals surface area contributed by atoms with Crippen LogP contribution in [-0.4, -0.2) is 20.1 Å². The van der Waals surface area contributed by atoms with Gasteiger partial charge in [-0.2, -0.15) is 5.26 Å². The minimum Gasteiger partial charge on any atom is -0.317 e. The summed E-state index contributed by atoms with van der Waals surface area (Å²) < 4.78 is 24.4. The number of aryl methyl sites for hydroxylation is 1. The molecule has 7 heteroatoms. The zero-order valence-corrected chi connectivity index (χ0v) is 16.0. The van der Waals surface area contributed by atoms with Crippen LogP contribution in [0.3, 0.4) is 0 Å². The predicted molar refractivity (Wildman–Crippen MR) is 103 cm³/mol. The van der Waals surface area contributed by atoms with Gasteiger partial charge in [0.15, 0.2) is 9.84 Å². The van der Waals surface area contributed by atoms with Crippen molar-refractivity contribution in [2.45, 2.75) is 37.9 Å². The molecule has 0 saturated carbocycles. The van der Waals surface area contributed by atoms with Crippen LogP contribution >= 0.6 is 11.3 Å². The average Bonchev–Trinajstić information content (AvgIpc) is 2.97. The summed E-state index contributed by atoms with van der Waals surface area (Å²) in [5.41, 5.74) is 2.31. The fraction of sp³-hybridized carbons (Fsp3) is 0.368. The van der Waals surface area contributed by atoms with Crippen molar-refractivity contribution in [3.8, 4) is 6.07 Å². The van der Waals surface area contributed by atoms with Crippen molar-refractivity contribution in [2.24, 2.45) is 0 Å². The highest BCUT2D eigenvalue weighted by Crippen LogP contribution is 2.37. The van der Waals surface area contributed by atoms with Gasteiger partial charge < -0.3 is 5.32 Å². The molecule has 0 fully saturated rings. The molecule has 3 rings (SSSR count). The Morgan fingerprint density at radius 1 is 1.19 bits per heavy atom. The average molecular weight is 389 g/mol. The van der Waals surface area contributed by atoms with E-state index in [1.165, 1.54) is 16.2 Å². The van der Waals surface area contributed by atoms with Crippen molar-refractivity contribution in [1.82, 2.24) is 0 Å². The number of fused-ring (bicyclic) bond motifs is 1. The number of nitriles is 1. The maximum atomic E-state index is 12.2. The Hall–Kier alpha value is -2.17. The Morgan fingerprint density at radius 3 is 2.65 bits per heavy atom. The lowest BCUT2D eigenvalue weighted by molar-refractivity contribution is -0.115. The van der Waals surface area contributed by atoms with Gasteiger partial charge in [0.25, 0.3) is 0 Å². The number of rotatable bonds is 6. The Kier molecular flexibility index (Phi) is 5.74. The summed E-state index contributed by atoms with van der Waals surface area (Å²) in [6, 6.07) is 11.1. The normalized spacial score (nSPS) is 13.7. The SMILES string of the molecule is N#Cc1c(NC(=O)CCS(=O)(=O)Cc2ccccc2)sc2c1CCCC2. The number of carbonyl (C=O) groups excluding carboxylic acids is 1. The summed E-state index contributed by atoms with van der Waals surface area (Å²) >= 11 is 1.45. The van der Waals surface area contributed by atoms with E-state index >= 15 is 0 Å². The first-order valence-corrected chi connectivity index (χ1v) is 11.2. The van der Waals surface area contributed by atoms with E-state index in [1.807, 2.05) is 6.07 Å². The fourth-order valence-corrected chi connectivity index (χ4v) is 5.71. The summed E-state index contributed by atoms with van der Waals surface area (Å²) in [6.07, 6.45) is 3.86. The zero-order chi connectivity index (χ0) is 18.6. The first-order chi connectivity index (χ1) is 12.5. The molecular formula is C19H20N2O3S2. The van der Waals surface area contributed by atoms with Crippen LogP contribution in [0, 0.1) is 11.3 Å². The van der Waals surface area contributed by atoms with Gasteiger partial charge in [0.1, 0.15) is 11.1 Å². The van der Waals surface area contributed by atoms with Crippen LogP contribution in [0.25, 0.3) is 0 Å². The highest BCUT2D eigenvalue weighted by Gasteiger charge is 2.22. The van der Waals surface area contributed by atoms with Crippen molar-refractivity contribution < 1.29 is 13.2 Å². The van der Waals surface area contributed by atoms with Crippen LogP contribution in [0.4, 0.5) is 5.00 Å². The van der Waals surface area contributed by atoms with Crippen LogP contribution < -0.4 is 5.32 Å². The zero-order valence-electron chi connectivity index (χ0n) is 14.3. The molecule has 1 aromatic heterocycles. The molecule has 0 bridgehead atoms. The number of nitrogens with zero attached hydrogens (tertiary/aromatic N) is 1. The topological polar surface area (TPSA) is 87.0 Å². The summed E-state index contributed by atoms with van der Waals surface area (Å²) in [5.74, 6) is -0.643. The molecule has 1 heterocycles. The van der Waals surface area contributed by atoms with Gasteiger partial charge in [-0.3, -0.25) is 4.79 Å². The van der Waals surface area contributed by atoms with Crippen molar-refractivity contribution in [2.75, 3.05) is 11.1 Å². The molecule has 2 aromatic rings. The quantitative estimate of drug-likeness (QED) is 0.821. The van der Waals surface area contributed by atoms with Gasteiger partial charge in [0.2, 0.25) is 5.91 Å². The second-order valence-electron chi connectivity index (χ2n) is 6.40. The van der Waals surface area contributed by atoms with Crippen molar-refractivity contribution in [1.29, 1.82) is 5.26 Å². The Bertz CT molecular complexity index is 941. The Labute approximate surface area is 157 Å². The largest absolute Gasteiger partial charge is 0.317 e. The van der Waals surface area contributed by atoms with Crippen molar-refractivity contribution >= 4 is 32.1 Å². The molecule has 5 nitrogen and oxygen atoms in total. The second kappa shape index (κ2) is 8.02. The molecule has 0 aliphatic heterocycles. The summed E-state index contributed by atoms with van der Waals surface area (Å²) in [4.78, 5) is 13.4. The van der Waals surface area contributed by atoms with Gasteiger partial charge in [0.05, 0.1) is 17.1 Å². The van der Waals surface area contributed by atoms with E-state index < -0.39 is 9.84 Å². The van der Waals surface area contributed by atoms with Crippen LogP contribution in [-0.2, 0) is 33.2 Å². The number of nitrogens with one attached hydrogen (secondary N) is 1. The monoisotopic (exact) mass is 388 g/mol. The lowest BCUT2D eigenvalue weighted by Crippen LogP contribution is -2.18. The molecule has 1 aliphatic rings. The van der Waals surface area contributed by atoms with E-state index in [0.717, 1.165) is 31.2 Å². The molecule has 1 N–H and O–H groups in total. The minimum atomic E-state index is -3.36. The van der Waals surface area contributed by atoms with E-state index in [-0.39, 0.29) is 23.8 Å². The van der Waals surface area contributed by atoms with E-state index in [2.05, 4.69) is 11.4 Å². The third kappa shape index (κ3) is 4.51. The number of amides is 1. The van der Waals surface area contributed by atoms with Gasteiger partial charge in [0, 0.05) is 11.3 Å². The Morgan fingerprint density at radius 2 is 1.92 bits per heavy atom. The van der Waals surface area contributed by atoms with Gasteiger partial charge >= 0.3 is 0 Å². The van der Waals surface area contributed by atoms with E-state index in [0.29, 0.717) is 16.1 Å². The first-order valence-electron chi connectivity index (χ1n) is 8.57. The minimum absolute atomic E-state index is 0.0716. The van der Waals surface area contributed by atoms with Crippen LogP contribution in [0.15, 0.2) is 30.3 Å². The molecule has 0 atom stereocenters. The summed E-state index contributed by atoms with van der Waals surface area (Å²) in [5, 5.41) is 12.7. The molecule has 0 saturated heterocycles.